The highest BCUT2D eigenvalue weighted by Gasteiger charge is 2.32. The Labute approximate surface area is 153 Å². The van der Waals surface area contributed by atoms with Gasteiger partial charge in [-0.2, -0.15) is 4.31 Å². The van der Waals surface area contributed by atoms with Crippen molar-refractivity contribution in [2.24, 2.45) is 0 Å². The van der Waals surface area contributed by atoms with Crippen molar-refractivity contribution in [3.8, 4) is 0 Å². The number of aryl methyl sites for hydroxylation is 1. The van der Waals surface area contributed by atoms with Crippen LogP contribution in [0.15, 0.2) is 27.6 Å². The molecule has 3 rings (SSSR count). The van der Waals surface area contributed by atoms with E-state index in [1.165, 1.54) is 0 Å². The van der Waals surface area contributed by atoms with Gasteiger partial charge in [0.15, 0.2) is 0 Å². The molecule has 1 unspecified atom stereocenters. The number of hydrogen-bond donors (Lipinski definition) is 1. The summed E-state index contributed by atoms with van der Waals surface area (Å²) in [5, 5.41) is 3.37. The molecular weight excluding hydrogens is 402 g/mol. The second kappa shape index (κ2) is 7.80. The Hall–Kier alpha value is -0.180. The van der Waals surface area contributed by atoms with Crippen LogP contribution in [0.25, 0.3) is 0 Å². The molecule has 0 amide bonds. The second-order valence-electron chi connectivity index (χ2n) is 6.02. The predicted octanol–water partition coefficient (Wildman–Crippen LogP) is 1.85. The summed E-state index contributed by atoms with van der Waals surface area (Å²) in [5.74, 6) is 0. The maximum absolute atomic E-state index is 12.8. The average Bonchev–Trinajstić information content (AvgIpc) is 3.01. The first-order valence-electron chi connectivity index (χ1n) is 7.69. The monoisotopic (exact) mass is 423 g/mol. The van der Waals surface area contributed by atoms with Gasteiger partial charge in [0.25, 0.3) is 0 Å². The van der Waals surface area contributed by atoms with Crippen LogP contribution in [-0.4, -0.2) is 62.9 Å². The van der Waals surface area contributed by atoms with Gasteiger partial charge in [-0.15, -0.1) is 12.4 Å². The quantitative estimate of drug-likeness (QED) is 0.804. The Morgan fingerprint density at radius 3 is 2.48 bits per heavy atom. The Morgan fingerprint density at radius 2 is 1.91 bits per heavy atom. The van der Waals surface area contributed by atoms with Crippen molar-refractivity contribution in [3.63, 3.8) is 0 Å². The molecule has 2 aliphatic heterocycles. The van der Waals surface area contributed by atoms with E-state index in [0.717, 1.165) is 38.2 Å². The normalized spacial score (nSPS) is 23.7. The average molecular weight is 425 g/mol. The molecule has 5 nitrogen and oxygen atoms in total. The summed E-state index contributed by atoms with van der Waals surface area (Å²) in [7, 11) is -3.41. The zero-order chi connectivity index (χ0) is 15.7. The second-order valence-corrected chi connectivity index (χ2v) is 8.78. The molecule has 2 aliphatic rings. The number of benzene rings is 1. The molecule has 8 heteroatoms. The van der Waals surface area contributed by atoms with Crippen molar-refractivity contribution < 1.29 is 8.42 Å². The van der Waals surface area contributed by atoms with Gasteiger partial charge in [-0.3, -0.25) is 4.90 Å². The minimum absolute atomic E-state index is 0. The number of rotatable bonds is 3. The third-order valence-electron chi connectivity index (χ3n) is 4.53. The van der Waals surface area contributed by atoms with E-state index in [4.69, 9.17) is 0 Å². The summed E-state index contributed by atoms with van der Waals surface area (Å²) in [6, 6.07) is 5.96. The third kappa shape index (κ3) is 4.08. The number of sulfonamides is 1. The van der Waals surface area contributed by atoms with Gasteiger partial charge in [0.05, 0.1) is 4.90 Å². The molecule has 1 aromatic carbocycles. The molecule has 0 aliphatic carbocycles. The number of halogens is 2. The lowest BCUT2D eigenvalue weighted by Crippen LogP contribution is -2.52. The van der Waals surface area contributed by atoms with E-state index in [1.807, 2.05) is 19.1 Å². The molecule has 1 atom stereocenters. The van der Waals surface area contributed by atoms with Crippen molar-refractivity contribution in [3.05, 3.63) is 28.2 Å². The summed E-state index contributed by atoms with van der Waals surface area (Å²) in [5.41, 5.74) is 1.05. The Morgan fingerprint density at radius 1 is 1.22 bits per heavy atom. The van der Waals surface area contributed by atoms with E-state index in [1.54, 1.807) is 10.4 Å². The molecule has 1 N–H and O–H groups in total. The summed E-state index contributed by atoms with van der Waals surface area (Å²) in [4.78, 5) is 2.78. The van der Waals surface area contributed by atoms with Crippen LogP contribution in [0.1, 0.15) is 12.0 Å². The van der Waals surface area contributed by atoms with E-state index >= 15 is 0 Å². The molecule has 2 fully saturated rings. The Kier molecular flexibility index (Phi) is 6.49. The minimum atomic E-state index is -3.41. The van der Waals surface area contributed by atoms with Crippen LogP contribution in [-0.2, 0) is 10.0 Å². The third-order valence-corrected chi connectivity index (χ3v) is 7.40. The minimum Gasteiger partial charge on any atom is -0.315 e. The van der Waals surface area contributed by atoms with Crippen molar-refractivity contribution in [1.82, 2.24) is 14.5 Å². The molecule has 0 radical (unpaired) electrons. The molecule has 23 heavy (non-hydrogen) atoms. The van der Waals surface area contributed by atoms with Gasteiger partial charge in [-0.1, -0.05) is 6.07 Å². The Bertz CT molecular complexity index is 642. The zero-order valence-electron chi connectivity index (χ0n) is 13.2. The SMILES string of the molecule is Cc1ccc(S(=O)(=O)N2CCN(C3CCNC3)CC2)c(Br)c1.Cl. The van der Waals surface area contributed by atoms with E-state index in [-0.39, 0.29) is 12.4 Å². The molecule has 0 spiro atoms. The molecule has 0 saturated carbocycles. The zero-order valence-corrected chi connectivity index (χ0v) is 16.4. The fourth-order valence-corrected chi connectivity index (χ4v) is 5.79. The fraction of sp³-hybridized carbons (Fsp3) is 0.600. The van der Waals surface area contributed by atoms with Crippen molar-refractivity contribution in [2.75, 3.05) is 39.3 Å². The first kappa shape index (κ1) is 19.1. The van der Waals surface area contributed by atoms with Gasteiger partial charge >= 0.3 is 0 Å². The topological polar surface area (TPSA) is 52.7 Å². The highest BCUT2D eigenvalue weighted by Crippen LogP contribution is 2.27. The van der Waals surface area contributed by atoms with Gasteiger partial charge in [-0.25, -0.2) is 8.42 Å². The first-order valence-corrected chi connectivity index (χ1v) is 9.93. The number of piperazine rings is 1. The molecular formula is C15H23BrClN3O2S. The van der Waals surface area contributed by atoms with Gasteiger partial charge in [-0.05, 0) is 53.5 Å². The summed E-state index contributed by atoms with van der Waals surface area (Å²) < 4.78 is 27.9. The summed E-state index contributed by atoms with van der Waals surface area (Å²) in [6.07, 6.45) is 1.16. The number of hydrogen-bond acceptors (Lipinski definition) is 4. The van der Waals surface area contributed by atoms with Crippen molar-refractivity contribution >= 4 is 38.4 Å². The van der Waals surface area contributed by atoms with Crippen LogP contribution < -0.4 is 5.32 Å². The number of nitrogens with one attached hydrogen (secondary N) is 1. The van der Waals surface area contributed by atoms with Crippen molar-refractivity contribution in [1.29, 1.82) is 0 Å². The van der Waals surface area contributed by atoms with Gasteiger partial charge in [0.1, 0.15) is 0 Å². The van der Waals surface area contributed by atoms with Crippen LogP contribution in [0, 0.1) is 6.92 Å². The molecule has 2 heterocycles. The molecule has 1 aromatic rings. The highest BCUT2D eigenvalue weighted by atomic mass is 79.9. The van der Waals surface area contributed by atoms with Crippen LogP contribution in [0.2, 0.25) is 0 Å². The van der Waals surface area contributed by atoms with E-state index in [0.29, 0.717) is 28.5 Å². The van der Waals surface area contributed by atoms with Gasteiger partial charge in [0.2, 0.25) is 10.0 Å². The first-order chi connectivity index (χ1) is 10.5. The molecule has 130 valence electrons. The van der Waals surface area contributed by atoms with E-state index in [9.17, 15) is 8.42 Å². The standard InChI is InChI=1S/C15H22BrN3O2S.ClH/c1-12-2-3-15(14(16)10-12)22(20,21)19-8-6-18(7-9-19)13-4-5-17-11-13;/h2-3,10,13,17H,4-9,11H2,1H3;1H. The van der Waals surface area contributed by atoms with Crippen LogP contribution in [0.3, 0.4) is 0 Å². The van der Waals surface area contributed by atoms with Crippen LogP contribution >= 0.6 is 28.3 Å². The fourth-order valence-electron chi connectivity index (χ4n) is 3.21. The van der Waals surface area contributed by atoms with Crippen LogP contribution in [0.4, 0.5) is 0 Å². The lowest BCUT2D eigenvalue weighted by atomic mass is 10.2. The Balaban J connectivity index is 0.00000192. The van der Waals surface area contributed by atoms with Crippen molar-refractivity contribution in [2.45, 2.75) is 24.3 Å². The molecule has 2 saturated heterocycles. The summed E-state index contributed by atoms with van der Waals surface area (Å²) in [6.45, 7) is 6.81. The maximum Gasteiger partial charge on any atom is 0.244 e. The van der Waals surface area contributed by atoms with E-state index in [2.05, 4.69) is 26.1 Å². The largest absolute Gasteiger partial charge is 0.315 e. The number of nitrogens with zero attached hydrogens (tertiary/aromatic N) is 2. The van der Waals surface area contributed by atoms with Gasteiger partial charge < -0.3 is 5.32 Å². The van der Waals surface area contributed by atoms with Gasteiger partial charge in [0, 0.05) is 43.2 Å². The lowest BCUT2D eigenvalue weighted by Gasteiger charge is -2.37. The molecule has 0 aromatic heterocycles. The highest BCUT2D eigenvalue weighted by molar-refractivity contribution is 9.10. The lowest BCUT2D eigenvalue weighted by molar-refractivity contribution is 0.145. The van der Waals surface area contributed by atoms with Crippen LogP contribution in [0.5, 0.6) is 0 Å². The smallest absolute Gasteiger partial charge is 0.244 e. The predicted molar refractivity (Wildman–Crippen MR) is 97.7 cm³/mol. The maximum atomic E-state index is 12.8. The van der Waals surface area contributed by atoms with E-state index < -0.39 is 10.0 Å². The summed E-state index contributed by atoms with van der Waals surface area (Å²) >= 11 is 3.39. The molecule has 0 bridgehead atoms.